The largest absolute Gasteiger partial charge is 0.416 e. The minimum absolute atomic E-state index is 0.0292. The number of aryl methyl sites for hydroxylation is 1. The average Bonchev–Trinajstić information content (AvgIpc) is 2.84. The van der Waals surface area contributed by atoms with Crippen LogP contribution in [0.15, 0.2) is 29.0 Å². The van der Waals surface area contributed by atoms with Gasteiger partial charge in [-0.05, 0) is 24.6 Å². The number of hydrogen-bond donors (Lipinski definition) is 1. The second-order valence-corrected chi connectivity index (χ2v) is 5.36. The summed E-state index contributed by atoms with van der Waals surface area (Å²) in [7, 11) is 0. The molecular formula is C13H13BrF3N3O. The predicted octanol–water partition coefficient (Wildman–Crippen LogP) is 3.36. The normalized spacial score (nSPS) is 13.4. The van der Waals surface area contributed by atoms with Crippen molar-refractivity contribution in [3.63, 3.8) is 0 Å². The Kier molecular flexibility index (Phi) is 4.67. The Balaban J connectivity index is 2.33. The number of halogens is 4. The maximum atomic E-state index is 13.0. The van der Waals surface area contributed by atoms with Gasteiger partial charge in [0.05, 0.1) is 11.7 Å². The Morgan fingerprint density at radius 3 is 2.71 bits per heavy atom. The van der Waals surface area contributed by atoms with Crippen molar-refractivity contribution in [1.29, 1.82) is 0 Å². The molecule has 0 aliphatic carbocycles. The number of hydrogen-bond acceptors (Lipinski definition) is 3. The van der Waals surface area contributed by atoms with Gasteiger partial charge in [0.1, 0.15) is 12.2 Å². The summed E-state index contributed by atoms with van der Waals surface area (Å²) < 4.78 is 41.0. The quantitative estimate of drug-likeness (QED) is 0.905. The number of aromatic nitrogens is 3. The molecule has 21 heavy (non-hydrogen) atoms. The van der Waals surface area contributed by atoms with Gasteiger partial charge in [0.25, 0.3) is 0 Å². The first kappa shape index (κ1) is 16.0. The number of aliphatic hydroxyl groups excluding tert-OH is 1. The van der Waals surface area contributed by atoms with Crippen molar-refractivity contribution in [2.24, 2.45) is 0 Å². The minimum Gasteiger partial charge on any atom is -0.388 e. The molecule has 1 N–H and O–H groups in total. The summed E-state index contributed by atoms with van der Waals surface area (Å²) in [6.45, 7) is 2.37. The van der Waals surface area contributed by atoms with Crippen molar-refractivity contribution >= 4 is 15.9 Å². The lowest BCUT2D eigenvalue weighted by Crippen LogP contribution is -2.15. The van der Waals surface area contributed by atoms with Crippen LogP contribution in [0.2, 0.25) is 0 Å². The van der Waals surface area contributed by atoms with Gasteiger partial charge in [0.15, 0.2) is 0 Å². The molecule has 0 radical (unpaired) electrons. The first-order chi connectivity index (χ1) is 9.82. The Labute approximate surface area is 127 Å². The van der Waals surface area contributed by atoms with Crippen molar-refractivity contribution < 1.29 is 18.3 Å². The van der Waals surface area contributed by atoms with Crippen molar-refractivity contribution in [2.45, 2.75) is 32.2 Å². The molecule has 8 heteroatoms. The Morgan fingerprint density at radius 1 is 1.38 bits per heavy atom. The van der Waals surface area contributed by atoms with Crippen LogP contribution in [0.25, 0.3) is 0 Å². The van der Waals surface area contributed by atoms with E-state index in [1.165, 1.54) is 23.1 Å². The van der Waals surface area contributed by atoms with E-state index in [-0.39, 0.29) is 12.0 Å². The van der Waals surface area contributed by atoms with E-state index in [1.807, 2.05) is 6.92 Å². The summed E-state index contributed by atoms with van der Waals surface area (Å²) in [6.07, 6.45) is -4.54. The van der Waals surface area contributed by atoms with Gasteiger partial charge in [-0.15, -0.1) is 0 Å². The zero-order chi connectivity index (χ0) is 15.6. The van der Waals surface area contributed by atoms with Crippen LogP contribution < -0.4 is 0 Å². The Hall–Kier alpha value is -1.41. The second-order valence-electron chi connectivity index (χ2n) is 4.44. The smallest absolute Gasteiger partial charge is 0.388 e. The fourth-order valence-corrected chi connectivity index (χ4v) is 2.42. The number of alkyl halides is 3. The van der Waals surface area contributed by atoms with E-state index < -0.39 is 17.8 Å². The fourth-order valence-electron chi connectivity index (χ4n) is 2.06. The molecule has 4 nitrogen and oxygen atoms in total. The zero-order valence-corrected chi connectivity index (χ0v) is 12.7. The van der Waals surface area contributed by atoms with Gasteiger partial charge in [0.2, 0.25) is 0 Å². The van der Waals surface area contributed by atoms with Crippen LogP contribution in [-0.2, 0) is 19.1 Å². The summed E-state index contributed by atoms with van der Waals surface area (Å²) in [5.74, 6) is 0.445. The highest BCUT2D eigenvalue weighted by atomic mass is 79.9. The van der Waals surface area contributed by atoms with Gasteiger partial charge >= 0.3 is 6.18 Å². The summed E-state index contributed by atoms with van der Waals surface area (Å²) in [5.41, 5.74) is -1.02. The molecule has 0 aliphatic heterocycles. The third kappa shape index (κ3) is 3.62. The number of benzene rings is 1. The van der Waals surface area contributed by atoms with E-state index >= 15 is 0 Å². The highest BCUT2D eigenvalue weighted by Gasteiger charge is 2.35. The summed E-state index contributed by atoms with van der Waals surface area (Å²) in [4.78, 5) is 3.96. The molecule has 0 saturated heterocycles. The highest BCUT2D eigenvalue weighted by molar-refractivity contribution is 9.10. The van der Waals surface area contributed by atoms with Gasteiger partial charge in [0, 0.05) is 17.4 Å². The van der Waals surface area contributed by atoms with Crippen LogP contribution in [0.1, 0.15) is 30.0 Å². The molecule has 1 heterocycles. The Bertz CT molecular complexity index is 627. The van der Waals surface area contributed by atoms with Crippen molar-refractivity contribution in [3.05, 3.63) is 46.0 Å². The third-order valence-corrected chi connectivity index (χ3v) is 3.54. The van der Waals surface area contributed by atoms with Crippen LogP contribution >= 0.6 is 15.9 Å². The van der Waals surface area contributed by atoms with Gasteiger partial charge in [-0.1, -0.05) is 22.0 Å². The van der Waals surface area contributed by atoms with Gasteiger partial charge in [-0.2, -0.15) is 18.3 Å². The molecule has 2 rings (SSSR count). The molecule has 0 aliphatic rings. The number of aliphatic hydroxyl groups is 1. The van der Waals surface area contributed by atoms with Crippen molar-refractivity contribution in [3.8, 4) is 0 Å². The minimum atomic E-state index is -4.53. The lowest BCUT2D eigenvalue weighted by atomic mass is 9.99. The molecule has 0 spiro atoms. The van der Waals surface area contributed by atoms with E-state index in [0.29, 0.717) is 16.8 Å². The topological polar surface area (TPSA) is 50.9 Å². The molecule has 1 atom stereocenters. The van der Waals surface area contributed by atoms with E-state index in [9.17, 15) is 18.3 Å². The first-order valence-electron chi connectivity index (χ1n) is 6.24. The molecule has 0 amide bonds. The van der Waals surface area contributed by atoms with Crippen LogP contribution in [0, 0.1) is 0 Å². The standard InChI is InChI=1S/C13H13BrF3N3O/c1-2-20-12(18-7-19-20)6-11(21)9-4-3-8(14)5-10(9)13(15,16)17/h3-5,7,11,21H,2,6H2,1H3. The van der Waals surface area contributed by atoms with E-state index in [2.05, 4.69) is 26.0 Å². The lowest BCUT2D eigenvalue weighted by Gasteiger charge is -2.18. The van der Waals surface area contributed by atoms with E-state index in [4.69, 9.17) is 0 Å². The van der Waals surface area contributed by atoms with Gasteiger partial charge < -0.3 is 5.11 Å². The predicted molar refractivity (Wildman–Crippen MR) is 73.5 cm³/mol. The maximum absolute atomic E-state index is 13.0. The maximum Gasteiger partial charge on any atom is 0.416 e. The molecule has 0 saturated carbocycles. The lowest BCUT2D eigenvalue weighted by molar-refractivity contribution is -0.139. The zero-order valence-electron chi connectivity index (χ0n) is 11.1. The third-order valence-electron chi connectivity index (χ3n) is 3.05. The summed E-state index contributed by atoms with van der Waals surface area (Å²) in [6, 6.07) is 3.70. The molecule has 2 aromatic rings. The Morgan fingerprint density at radius 2 is 2.10 bits per heavy atom. The van der Waals surface area contributed by atoms with E-state index in [0.717, 1.165) is 6.07 Å². The number of rotatable bonds is 4. The van der Waals surface area contributed by atoms with Crippen LogP contribution in [0.3, 0.4) is 0 Å². The highest BCUT2D eigenvalue weighted by Crippen LogP contribution is 2.37. The molecule has 114 valence electrons. The fraction of sp³-hybridized carbons (Fsp3) is 0.385. The van der Waals surface area contributed by atoms with Crippen LogP contribution in [0.5, 0.6) is 0 Å². The molecule has 0 fully saturated rings. The molecule has 1 aromatic carbocycles. The van der Waals surface area contributed by atoms with Gasteiger partial charge in [-0.25, -0.2) is 4.98 Å². The monoisotopic (exact) mass is 363 g/mol. The second kappa shape index (κ2) is 6.15. The van der Waals surface area contributed by atoms with Crippen LogP contribution in [0.4, 0.5) is 13.2 Å². The SMILES string of the molecule is CCn1ncnc1CC(O)c1ccc(Br)cc1C(F)(F)F. The average molecular weight is 364 g/mol. The van der Waals surface area contributed by atoms with E-state index in [1.54, 1.807) is 0 Å². The molecule has 1 aromatic heterocycles. The first-order valence-corrected chi connectivity index (χ1v) is 7.03. The molecular weight excluding hydrogens is 351 g/mol. The summed E-state index contributed by atoms with van der Waals surface area (Å²) in [5, 5.41) is 14.1. The van der Waals surface area contributed by atoms with Crippen molar-refractivity contribution in [2.75, 3.05) is 0 Å². The van der Waals surface area contributed by atoms with Gasteiger partial charge in [-0.3, -0.25) is 4.68 Å². The summed E-state index contributed by atoms with van der Waals surface area (Å²) >= 11 is 3.01. The van der Waals surface area contributed by atoms with Crippen LogP contribution in [-0.4, -0.2) is 19.9 Å². The molecule has 1 unspecified atom stereocenters. The van der Waals surface area contributed by atoms with Crippen molar-refractivity contribution in [1.82, 2.24) is 14.8 Å². The molecule has 0 bridgehead atoms. The number of nitrogens with zero attached hydrogens (tertiary/aromatic N) is 3.